The highest BCUT2D eigenvalue weighted by Crippen LogP contribution is 2.20. The second-order valence-corrected chi connectivity index (χ2v) is 8.00. The quantitative estimate of drug-likeness (QED) is 0.137. The molecule has 1 aliphatic rings. The molecule has 1 aromatic rings. The Balaban J connectivity index is 0.00000612. The molecule has 3 atom stereocenters. The van der Waals surface area contributed by atoms with Gasteiger partial charge in [0, 0.05) is 19.5 Å². The number of rotatable bonds is 12. The van der Waals surface area contributed by atoms with E-state index in [2.05, 4.69) is 15.6 Å². The second-order valence-electron chi connectivity index (χ2n) is 8.00. The first-order valence-electron chi connectivity index (χ1n) is 11.4. The zero-order valence-electron chi connectivity index (χ0n) is 19.9. The van der Waals surface area contributed by atoms with Gasteiger partial charge >= 0.3 is 6.09 Å². The van der Waals surface area contributed by atoms with Crippen molar-refractivity contribution in [2.75, 3.05) is 19.7 Å². The number of aliphatic imine (C=N–C) groups is 1. The van der Waals surface area contributed by atoms with E-state index in [9.17, 15) is 19.2 Å². The molecular formula is C23H35ClN6O5. The number of carbonyl (C=O) groups excluding carboxylic acids is 4. The van der Waals surface area contributed by atoms with E-state index < -0.39 is 30.1 Å². The standard InChI is InChI=1S/C23H34N6O5.ClH/c1-2-34-23(33)28-18(14-16-8-4-3-5-9-16)21(32)29-13-7-11-19(29)20(31)27-17(15-30)10-6-12-26-22(24)25;/h3-5,8-9,15,17-19H,2,6-7,10-14H2,1H3,(H,27,31)(H,28,33)(H4,24,25,26);1H/t17-,18+,19-;/m0./s1. The monoisotopic (exact) mass is 510 g/mol. The Morgan fingerprint density at radius 1 is 1.23 bits per heavy atom. The highest BCUT2D eigenvalue weighted by Gasteiger charge is 2.38. The number of nitrogens with two attached hydrogens (primary N) is 2. The maximum Gasteiger partial charge on any atom is 0.407 e. The highest BCUT2D eigenvalue weighted by atomic mass is 35.5. The molecule has 35 heavy (non-hydrogen) atoms. The molecule has 0 aromatic heterocycles. The molecule has 0 unspecified atom stereocenters. The minimum absolute atomic E-state index is 0. The molecule has 0 saturated carbocycles. The number of guanidine groups is 1. The van der Waals surface area contributed by atoms with Gasteiger partial charge < -0.3 is 36.5 Å². The van der Waals surface area contributed by atoms with Gasteiger partial charge in [-0.25, -0.2) is 4.79 Å². The Kier molecular flexibility index (Phi) is 13.2. The van der Waals surface area contributed by atoms with Crippen LogP contribution < -0.4 is 22.1 Å². The van der Waals surface area contributed by atoms with Crippen LogP contribution in [-0.2, 0) is 25.5 Å². The fraction of sp³-hybridized carbons (Fsp3) is 0.522. The molecule has 3 amide bonds. The van der Waals surface area contributed by atoms with Gasteiger partial charge in [0.25, 0.3) is 0 Å². The summed E-state index contributed by atoms with van der Waals surface area (Å²) in [5.74, 6) is -0.808. The predicted octanol–water partition coefficient (Wildman–Crippen LogP) is 0.494. The Morgan fingerprint density at radius 3 is 2.57 bits per heavy atom. The van der Waals surface area contributed by atoms with Crippen molar-refractivity contribution in [3.8, 4) is 0 Å². The number of likely N-dealkylation sites (tertiary alicyclic amines) is 1. The molecule has 11 nitrogen and oxygen atoms in total. The number of hydrogen-bond acceptors (Lipinski definition) is 6. The van der Waals surface area contributed by atoms with Crippen molar-refractivity contribution in [1.29, 1.82) is 0 Å². The molecule has 1 saturated heterocycles. The number of alkyl carbamates (subject to hydrolysis) is 1. The molecule has 1 aromatic carbocycles. The molecule has 6 N–H and O–H groups in total. The van der Waals surface area contributed by atoms with E-state index >= 15 is 0 Å². The predicted molar refractivity (Wildman–Crippen MR) is 134 cm³/mol. The van der Waals surface area contributed by atoms with Crippen LogP contribution in [0, 0.1) is 0 Å². The Bertz CT molecular complexity index is 865. The van der Waals surface area contributed by atoms with Crippen molar-refractivity contribution in [1.82, 2.24) is 15.5 Å². The van der Waals surface area contributed by atoms with Crippen molar-refractivity contribution in [3.05, 3.63) is 35.9 Å². The number of amides is 3. The Morgan fingerprint density at radius 2 is 1.94 bits per heavy atom. The number of carbonyl (C=O) groups is 4. The van der Waals surface area contributed by atoms with Crippen LogP contribution in [0.1, 0.15) is 38.2 Å². The van der Waals surface area contributed by atoms with Gasteiger partial charge in [0.05, 0.1) is 12.6 Å². The molecule has 2 rings (SSSR count). The van der Waals surface area contributed by atoms with Gasteiger partial charge in [0.2, 0.25) is 11.8 Å². The summed E-state index contributed by atoms with van der Waals surface area (Å²) in [6.45, 7) is 2.57. The van der Waals surface area contributed by atoms with Crippen LogP contribution in [0.3, 0.4) is 0 Å². The van der Waals surface area contributed by atoms with Crippen LogP contribution in [-0.4, -0.2) is 72.9 Å². The van der Waals surface area contributed by atoms with Gasteiger partial charge in [-0.3, -0.25) is 14.6 Å². The Labute approximate surface area is 211 Å². The molecule has 12 heteroatoms. The number of halogens is 1. The minimum Gasteiger partial charge on any atom is -0.450 e. The summed E-state index contributed by atoms with van der Waals surface area (Å²) in [5.41, 5.74) is 11.4. The lowest BCUT2D eigenvalue weighted by atomic mass is 10.0. The van der Waals surface area contributed by atoms with Crippen LogP contribution in [0.2, 0.25) is 0 Å². The molecule has 1 fully saturated rings. The zero-order chi connectivity index (χ0) is 24.9. The summed E-state index contributed by atoms with van der Waals surface area (Å²) in [6.07, 6.45) is 2.20. The summed E-state index contributed by atoms with van der Waals surface area (Å²) in [7, 11) is 0. The van der Waals surface area contributed by atoms with Gasteiger partial charge in [0.15, 0.2) is 5.96 Å². The normalized spacial score (nSPS) is 16.3. The van der Waals surface area contributed by atoms with Crippen molar-refractivity contribution in [2.45, 2.75) is 57.2 Å². The number of benzene rings is 1. The third-order valence-corrected chi connectivity index (χ3v) is 5.45. The van der Waals surface area contributed by atoms with Crippen LogP contribution in [0.4, 0.5) is 4.79 Å². The Hall–Kier alpha value is -3.34. The third kappa shape index (κ3) is 9.81. The summed E-state index contributed by atoms with van der Waals surface area (Å²) in [4.78, 5) is 55.2. The van der Waals surface area contributed by atoms with Crippen molar-refractivity contribution in [2.24, 2.45) is 16.5 Å². The van der Waals surface area contributed by atoms with Crippen LogP contribution in [0.5, 0.6) is 0 Å². The highest BCUT2D eigenvalue weighted by molar-refractivity contribution is 5.92. The maximum atomic E-state index is 13.4. The van der Waals surface area contributed by atoms with Crippen molar-refractivity contribution < 1.29 is 23.9 Å². The smallest absolute Gasteiger partial charge is 0.407 e. The van der Waals surface area contributed by atoms with E-state index in [-0.39, 0.29) is 37.3 Å². The summed E-state index contributed by atoms with van der Waals surface area (Å²) >= 11 is 0. The number of aldehydes is 1. The van der Waals surface area contributed by atoms with Gasteiger partial charge in [-0.05, 0) is 38.2 Å². The van der Waals surface area contributed by atoms with E-state index in [1.54, 1.807) is 6.92 Å². The molecule has 0 aliphatic carbocycles. The third-order valence-electron chi connectivity index (χ3n) is 5.45. The number of ether oxygens (including phenoxy) is 1. The molecule has 0 bridgehead atoms. The van der Waals surface area contributed by atoms with Gasteiger partial charge in [0.1, 0.15) is 18.4 Å². The largest absolute Gasteiger partial charge is 0.450 e. The SMILES string of the molecule is CCOC(=O)N[C@H](Cc1ccccc1)C(=O)N1CCC[C@H]1C(=O)N[C@H](C=O)CCCN=C(N)N.Cl. The number of nitrogens with one attached hydrogen (secondary N) is 2. The van der Waals surface area contributed by atoms with E-state index in [0.717, 1.165) is 5.56 Å². The fourth-order valence-corrected chi connectivity index (χ4v) is 3.84. The second kappa shape index (κ2) is 15.5. The van der Waals surface area contributed by atoms with Gasteiger partial charge in [-0.2, -0.15) is 0 Å². The summed E-state index contributed by atoms with van der Waals surface area (Å²) in [6, 6.07) is 6.94. The zero-order valence-corrected chi connectivity index (χ0v) is 20.7. The van der Waals surface area contributed by atoms with Crippen molar-refractivity contribution >= 4 is 42.6 Å². The fourth-order valence-electron chi connectivity index (χ4n) is 3.84. The first kappa shape index (κ1) is 29.7. The average molecular weight is 511 g/mol. The van der Waals surface area contributed by atoms with Gasteiger partial charge in [-0.1, -0.05) is 30.3 Å². The minimum atomic E-state index is -0.892. The van der Waals surface area contributed by atoms with Gasteiger partial charge in [-0.15, -0.1) is 12.4 Å². The van der Waals surface area contributed by atoms with Crippen molar-refractivity contribution in [3.63, 3.8) is 0 Å². The summed E-state index contributed by atoms with van der Waals surface area (Å²) < 4.78 is 4.96. The number of hydrogen-bond donors (Lipinski definition) is 4. The molecule has 0 spiro atoms. The molecule has 1 heterocycles. The summed E-state index contributed by atoms with van der Waals surface area (Å²) in [5, 5.41) is 5.33. The topological polar surface area (TPSA) is 169 Å². The lowest BCUT2D eigenvalue weighted by molar-refractivity contribution is -0.140. The molecule has 1 aliphatic heterocycles. The van der Waals surface area contributed by atoms with E-state index in [0.29, 0.717) is 45.1 Å². The van der Waals surface area contributed by atoms with E-state index in [4.69, 9.17) is 16.2 Å². The number of nitrogens with zero attached hydrogens (tertiary/aromatic N) is 2. The first-order valence-corrected chi connectivity index (χ1v) is 11.4. The molecule has 194 valence electrons. The van der Waals surface area contributed by atoms with Crippen LogP contribution in [0.25, 0.3) is 0 Å². The van der Waals surface area contributed by atoms with E-state index in [1.807, 2.05) is 30.3 Å². The molecule has 0 radical (unpaired) electrons. The van der Waals surface area contributed by atoms with E-state index in [1.165, 1.54) is 4.90 Å². The molecular weight excluding hydrogens is 476 g/mol. The van der Waals surface area contributed by atoms with Crippen LogP contribution >= 0.6 is 12.4 Å². The lowest BCUT2D eigenvalue weighted by Crippen LogP contribution is -2.55. The van der Waals surface area contributed by atoms with Crippen LogP contribution in [0.15, 0.2) is 35.3 Å². The maximum absolute atomic E-state index is 13.4. The first-order chi connectivity index (χ1) is 16.3. The average Bonchev–Trinajstić information content (AvgIpc) is 3.31. The lowest BCUT2D eigenvalue weighted by Gasteiger charge is -2.29.